The molecule has 0 atom stereocenters. The number of carbonyl (C=O) groups is 4. The fraction of sp³-hybridized carbons (Fsp3) is 0.760. The predicted octanol–water partition coefficient (Wildman–Crippen LogP) is 3.48. The molecule has 0 radical (unpaired) electrons. The lowest BCUT2D eigenvalue weighted by Gasteiger charge is -2.30. The zero-order chi connectivity index (χ0) is 24.8. The van der Waals surface area contributed by atoms with E-state index < -0.39 is 5.97 Å². The third-order valence-electron chi connectivity index (χ3n) is 6.37. The molecule has 2 aliphatic carbocycles. The molecule has 0 aromatic heterocycles. The highest BCUT2D eigenvalue weighted by atomic mass is 16.7. The van der Waals surface area contributed by atoms with Crippen LogP contribution in [0.25, 0.3) is 0 Å². The average Bonchev–Trinajstić information content (AvgIpc) is 2.86. The molecule has 9 nitrogen and oxygen atoms in total. The maximum atomic E-state index is 12.6. The largest absolute Gasteiger partial charge is 0.465 e. The molecule has 2 rings (SSSR count). The minimum absolute atomic E-state index is 0.0270. The van der Waals surface area contributed by atoms with E-state index in [1.807, 2.05) is 6.92 Å². The molecule has 0 bridgehead atoms. The van der Waals surface area contributed by atoms with Gasteiger partial charge in [0.1, 0.15) is 6.10 Å². The minimum atomic E-state index is -0.458. The van der Waals surface area contributed by atoms with E-state index in [4.69, 9.17) is 23.7 Å². The van der Waals surface area contributed by atoms with Crippen molar-refractivity contribution in [3.8, 4) is 0 Å². The lowest BCUT2D eigenvalue weighted by atomic mass is 9.82. The Balaban J connectivity index is 1.57. The first kappa shape index (κ1) is 27.8. The smallest absolute Gasteiger partial charge is 0.330 e. The third kappa shape index (κ3) is 9.83. The van der Waals surface area contributed by atoms with Crippen LogP contribution in [-0.4, -0.2) is 56.6 Å². The van der Waals surface area contributed by atoms with Gasteiger partial charge in [0.15, 0.2) is 6.79 Å². The van der Waals surface area contributed by atoms with Gasteiger partial charge in [-0.15, -0.1) is 0 Å². The molecule has 0 unspecified atom stereocenters. The molecule has 2 saturated carbocycles. The van der Waals surface area contributed by atoms with Gasteiger partial charge in [-0.05, 0) is 71.1 Å². The maximum Gasteiger partial charge on any atom is 0.330 e. The van der Waals surface area contributed by atoms with Crippen LogP contribution in [0.4, 0.5) is 0 Å². The van der Waals surface area contributed by atoms with E-state index in [1.165, 1.54) is 0 Å². The van der Waals surface area contributed by atoms with Crippen LogP contribution in [-0.2, 0) is 42.9 Å². The van der Waals surface area contributed by atoms with E-state index in [1.54, 1.807) is 0 Å². The third-order valence-corrected chi connectivity index (χ3v) is 6.37. The molecular weight excluding hydrogens is 444 g/mol. The summed E-state index contributed by atoms with van der Waals surface area (Å²) in [5, 5.41) is 0. The predicted molar refractivity (Wildman–Crippen MR) is 121 cm³/mol. The van der Waals surface area contributed by atoms with Crippen molar-refractivity contribution in [3.05, 3.63) is 12.7 Å². The molecule has 192 valence electrons. The summed E-state index contributed by atoms with van der Waals surface area (Å²) in [6, 6.07) is 0. The van der Waals surface area contributed by atoms with Crippen LogP contribution < -0.4 is 0 Å². The first-order chi connectivity index (χ1) is 16.4. The number of unbranched alkanes of at least 4 members (excludes halogenated alkanes) is 1. The molecule has 0 heterocycles. The van der Waals surface area contributed by atoms with E-state index in [-0.39, 0.29) is 55.2 Å². The number of esters is 4. The van der Waals surface area contributed by atoms with Gasteiger partial charge in [-0.1, -0.05) is 6.58 Å². The van der Waals surface area contributed by atoms with E-state index in [0.29, 0.717) is 77.4 Å². The van der Waals surface area contributed by atoms with Crippen LogP contribution >= 0.6 is 0 Å². The Morgan fingerprint density at radius 3 is 1.79 bits per heavy atom. The summed E-state index contributed by atoms with van der Waals surface area (Å²) in [6.07, 6.45) is 7.17. The second kappa shape index (κ2) is 15.5. The van der Waals surface area contributed by atoms with Gasteiger partial charge in [-0.3, -0.25) is 14.4 Å². The average molecular weight is 483 g/mol. The highest BCUT2D eigenvalue weighted by molar-refractivity contribution is 5.81. The fourth-order valence-electron chi connectivity index (χ4n) is 4.27. The molecule has 0 amide bonds. The topological polar surface area (TPSA) is 114 Å². The second-order valence-electron chi connectivity index (χ2n) is 8.78. The summed E-state index contributed by atoms with van der Waals surface area (Å²) in [5.74, 6) is -1.70. The van der Waals surface area contributed by atoms with Crippen molar-refractivity contribution in [2.75, 3.05) is 26.6 Å². The van der Waals surface area contributed by atoms with Gasteiger partial charge in [0.25, 0.3) is 0 Å². The van der Waals surface area contributed by atoms with Gasteiger partial charge in [-0.25, -0.2) is 4.79 Å². The van der Waals surface area contributed by atoms with E-state index in [2.05, 4.69) is 6.58 Å². The zero-order valence-electron chi connectivity index (χ0n) is 20.2. The highest BCUT2D eigenvalue weighted by Crippen LogP contribution is 2.33. The number of rotatable bonds is 13. The molecular formula is C25H38O9. The van der Waals surface area contributed by atoms with Gasteiger partial charge >= 0.3 is 23.9 Å². The molecule has 0 aliphatic heterocycles. The molecule has 0 N–H and O–H groups in total. The number of hydrogen-bond acceptors (Lipinski definition) is 9. The van der Waals surface area contributed by atoms with Gasteiger partial charge < -0.3 is 23.7 Å². The van der Waals surface area contributed by atoms with Crippen molar-refractivity contribution in [2.24, 2.45) is 17.8 Å². The molecule has 34 heavy (non-hydrogen) atoms. The Bertz CT molecular complexity index is 674. The van der Waals surface area contributed by atoms with Gasteiger partial charge in [0.05, 0.1) is 31.0 Å². The monoisotopic (exact) mass is 482 g/mol. The Labute approximate surface area is 201 Å². The van der Waals surface area contributed by atoms with Crippen LogP contribution in [0.3, 0.4) is 0 Å². The van der Waals surface area contributed by atoms with Crippen LogP contribution in [0.2, 0.25) is 0 Å². The summed E-state index contributed by atoms with van der Waals surface area (Å²) in [5.41, 5.74) is 0. The van der Waals surface area contributed by atoms with Gasteiger partial charge in [0, 0.05) is 12.7 Å². The quantitative estimate of drug-likeness (QED) is 0.128. The molecule has 0 spiro atoms. The van der Waals surface area contributed by atoms with Gasteiger partial charge in [0.2, 0.25) is 0 Å². The summed E-state index contributed by atoms with van der Waals surface area (Å²) in [6.45, 7) is 6.19. The van der Waals surface area contributed by atoms with Crippen molar-refractivity contribution in [1.82, 2.24) is 0 Å². The second-order valence-corrected chi connectivity index (χ2v) is 8.78. The molecule has 2 aliphatic rings. The van der Waals surface area contributed by atoms with Crippen LogP contribution in [0.1, 0.15) is 71.1 Å². The molecule has 2 fully saturated rings. The summed E-state index contributed by atoms with van der Waals surface area (Å²) < 4.78 is 26.0. The number of ether oxygens (including phenoxy) is 5. The van der Waals surface area contributed by atoms with Crippen molar-refractivity contribution in [1.29, 1.82) is 0 Å². The maximum absolute atomic E-state index is 12.6. The van der Waals surface area contributed by atoms with E-state index in [0.717, 1.165) is 6.08 Å². The Hall–Kier alpha value is -2.42. The lowest BCUT2D eigenvalue weighted by Crippen LogP contribution is -2.33. The minimum Gasteiger partial charge on any atom is -0.465 e. The first-order valence-corrected chi connectivity index (χ1v) is 12.3. The summed E-state index contributed by atoms with van der Waals surface area (Å²) >= 11 is 0. The summed E-state index contributed by atoms with van der Waals surface area (Å²) in [4.78, 5) is 47.8. The van der Waals surface area contributed by atoms with E-state index in [9.17, 15) is 19.2 Å². The Morgan fingerprint density at radius 2 is 1.24 bits per heavy atom. The fourth-order valence-corrected chi connectivity index (χ4v) is 4.27. The lowest BCUT2D eigenvalue weighted by molar-refractivity contribution is -0.166. The van der Waals surface area contributed by atoms with Crippen LogP contribution in [0, 0.1) is 17.8 Å². The molecule has 0 aromatic carbocycles. The SMILES string of the molecule is C=CC(=O)OCCCCOC(=O)C1CCC(OC(=O)C2CCC(C(=O)OCOCC)CC2)CC1. The standard InChI is InChI=1S/C25H38O9/c1-3-22(26)31-15-5-6-16-32-23(27)19-11-13-21(14-12-19)34-25(29)20-9-7-18(8-10-20)24(28)33-17-30-4-2/h3,18-21H,1,4-17H2,2H3. The van der Waals surface area contributed by atoms with Crippen molar-refractivity contribution >= 4 is 23.9 Å². The van der Waals surface area contributed by atoms with Gasteiger partial charge in [-0.2, -0.15) is 0 Å². The number of carbonyl (C=O) groups excluding carboxylic acids is 4. The highest BCUT2D eigenvalue weighted by Gasteiger charge is 2.34. The normalized spacial score (nSPS) is 24.5. The van der Waals surface area contributed by atoms with Crippen molar-refractivity contribution in [2.45, 2.75) is 77.2 Å². The van der Waals surface area contributed by atoms with Crippen molar-refractivity contribution < 1.29 is 42.9 Å². The first-order valence-electron chi connectivity index (χ1n) is 12.3. The molecule has 9 heteroatoms. The Kier molecular flexibility index (Phi) is 12.7. The van der Waals surface area contributed by atoms with Crippen molar-refractivity contribution in [3.63, 3.8) is 0 Å². The number of hydrogen-bond donors (Lipinski definition) is 0. The van der Waals surface area contributed by atoms with Crippen LogP contribution in [0.5, 0.6) is 0 Å². The molecule has 0 aromatic rings. The van der Waals surface area contributed by atoms with E-state index >= 15 is 0 Å². The zero-order valence-corrected chi connectivity index (χ0v) is 20.2. The Morgan fingerprint density at radius 1 is 0.735 bits per heavy atom. The van der Waals surface area contributed by atoms with Crippen LogP contribution in [0.15, 0.2) is 12.7 Å². The summed E-state index contributed by atoms with van der Waals surface area (Å²) in [7, 11) is 0. The molecule has 0 saturated heterocycles.